The van der Waals surface area contributed by atoms with Gasteiger partial charge in [-0.2, -0.15) is 5.26 Å². The van der Waals surface area contributed by atoms with Gasteiger partial charge in [0.2, 0.25) is 0 Å². The highest BCUT2D eigenvalue weighted by atomic mass is 35.5. The fourth-order valence-corrected chi connectivity index (χ4v) is 0.898. The number of aromatic nitrogens is 1. The zero-order valence-corrected chi connectivity index (χ0v) is 8.32. The second kappa shape index (κ2) is 5.82. The molecule has 64 valence electrons. The number of rotatable bonds is 0. The Hall–Kier alpha value is -0.780. The van der Waals surface area contributed by atoms with Gasteiger partial charge < -0.3 is 0 Å². The lowest BCUT2D eigenvalue weighted by atomic mass is 10.3. The third-order valence-corrected chi connectivity index (χ3v) is 1.46. The molecule has 0 aliphatic carbocycles. The molecule has 0 N–H and O–H groups in total. The van der Waals surface area contributed by atoms with Crippen LogP contribution in [0, 0.1) is 11.3 Å². The van der Waals surface area contributed by atoms with Crippen LogP contribution in [-0.4, -0.2) is 4.98 Å². The Morgan fingerprint density at radius 1 is 1.42 bits per heavy atom. The van der Waals surface area contributed by atoms with Gasteiger partial charge >= 0.3 is 0 Å². The van der Waals surface area contributed by atoms with Crippen molar-refractivity contribution in [1.29, 1.82) is 5.26 Å². The van der Waals surface area contributed by atoms with E-state index in [9.17, 15) is 0 Å². The fourth-order valence-electron chi connectivity index (χ4n) is 0.490. The minimum absolute atomic E-state index is 0.295. The van der Waals surface area contributed by atoms with Crippen LogP contribution in [0.4, 0.5) is 0 Å². The number of nitrogens with zero attached hydrogens (tertiary/aromatic N) is 2. The van der Waals surface area contributed by atoms with Gasteiger partial charge in [-0.15, -0.1) is 0 Å². The summed E-state index contributed by atoms with van der Waals surface area (Å²) < 4.78 is 0. The SMILES string of the molecule is CC.N#Cc1cnc(Cl)cc1Cl. The van der Waals surface area contributed by atoms with Crippen LogP contribution >= 0.6 is 23.2 Å². The molecule has 0 aliphatic rings. The summed E-state index contributed by atoms with van der Waals surface area (Å²) in [5.74, 6) is 0. The molecule has 4 heteroatoms. The number of nitriles is 1. The van der Waals surface area contributed by atoms with E-state index < -0.39 is 0 Å². The molecule has 0 saturated heterocycles. The molecule has 1 rings (SSSR count). The van der Waals surface area contributed by atoms with E-state index in [0.717, 1.165) is 0 Å². The maximum atomic E-state index is 8.39. The Balaban J connectivity index is 0.000000561. The predicted molar refractivity (Wildman–Crippen MR) is 50.3 cm³/mol. The minimum atomic E-state index is 0.295. The van der Waals surface area contributed by atoms with Crippen molar-refractivity contribution in [2.24, 2.45) is 0 Å². The summed E-state index contributed by atoms with van der Waals surface area (Å²) in [6.07, 6.45) is 1.34. The van der Waals surface area contributed by atoms with Crippen molar-refractivity contribution in [3.05, 3.63) is 28.0 Å². The van der Waals surface area contributed by atoms with Crippen LogP contribution in [0.15, 0.2) is 12.3 Å². The van der Waals surface area contributed by atoms with Crippen molar-refractivity contribution >= 4 is 23.2 Å². The highest BCUT2D eigenvalue weighted by molar-refractivity contribution is 6.34. The van der Waals surface area contributed by atoms with E-state index in [4.69, 9.17) is 28.5 Å². The predicted octanol–water partition coefficient (Wildman–Crippen LogP) is 3.29. The molecule has 0 atom stereocenters. The van der Waals surface area contributed by atoms with Crippen LogP contribution in [0.25, 0.3) is 0 Å². The van der Waals surface area contributed by atoms with Crippen LogP contribution < -0.4 is 0 Å². The number of hydrogen-bond donors (Lipinski definition) is 0. The van der Waals surface area contributed by atoms with E-state index in [1.54, 1.807) is 0 Å². The fraction of sp³-hybridized carbons (Fsp3) is 0.250. The molecule has 0 spiro atoms. The van der Waals surface area contributed by atoms with E-state index in [-0.39, 0.29) is 0 Å². The molecular formula is C8H8Cl2N2. The van der Waals surface area contributed by atoms with E-state index in [2.05, 4.69) is 4.98 Å². The molecule has 0 saturated carbocycles. The molecule has 1 aromatic rings. The largest absolute Gasteiger partial charge is 0.243 e. The highest BCUT2D eigenvalue weighted by Gasteiger charge is 1.98. The Kier molecular flexibility index (Phi) is 5.44. The van der Waals surface area contributed by atoms with Gasteiger partial charge in [-0.25, -0.2) is 4.98 Å². The summed E-state index contributed by atoms with van der Waals surface area (Å²) in [4.78, 5) is 3.67. The average Bonchev–Trinajstić information content (AvgIpc) is 2.08. The highest BCUT2D eigenvalue weighted by Crippen LogP contribution is 2.16. The smallest absolute Gasteiger partial charge is 0.130 e. The summed E-state index contributed by atoms with van der Waals surface area (Å²) in [5.41, 5.74) is 0.339. The molecule has 0 radical (unpaired) electrons. The second-order valence-electron chi connectivity index (χ2n) is 1.60. The monoisotopic (exact) mass is 202 g/mol. The summed E-state index contributed by atoms with van der Waals surface area (Å²) in [6.45, 7) is 4.00. The molecule has 0 aromatic carbocycles. The second-order valence-corrected chi connectivity index (χ2v) is 2.39. The van der Waals surface area contributed by atoms with Gasteiger partial charge in [0.15, 0.2) is 0 Å². The van der Waals surface area contributed by atoms with E-state index in [0.29, 0.717) is 15.7 Å². The Labute approximate surface area is 81.8 Å². The summed E-state index contributed by atoms with van der Waals surface area (Å²) in [6, 6.07) is 3.30. The third-order valence-electron chi connectivity index (χ3n) is 0.941. The van der Waals surface area contributed by atoms with Crippen LogP contribution in [-0.2, 0) is 0 Å². The molecule has 0 bridgehead atoms. The minimum Gasteiger partial charge on any atom is -0.243 e. The molecule has 0 aliphatic heterocycles. The normalized spacial score (nSPS) is 7.92. The lowest BCUT2D eigenvalue weighted by molar-refractivity contribution is 1.30. The number of halogens is 2. The first kappa shape index (κ1) is 11.2. The molecule has 12 heavy (non-hydrogen) atoms. The van der Waals surface area contributed by atoms with Gasteiger partial charge in [-0.05, 0) is 6.07 Å². The first-order valence-electron chi connectivity index (χ1n) is 3.45. The molecule has 1 aromatic heterocycles. The third kappa shape index (κ3) is 3.08. The first-order valence-corrected chi connectivity index (χ1v) is 4.21. The molecule has 0 amide bonds. The zero-order chi connectivity index (χ0) is 9.56. The van der Waals surface area contributed by atoms with Crippen molar-refractivity contribution in [3.63, 3.8) is 0 Å². The van der Waals surface area contributed by atoms with E-state index in [1.807, 2.05) is 19.9 Å². The quantitative estimate of drug-likeness (QED) is 0.606. The number of pyridine rings is 1. The summed E-state index contributed by atoms with van der Waals surface area (Å²) in [7, 11) is 0. The van der Waals surface area contributed by atoms with E-state index >= 15 is 0 Å². The Morgan fingerprint density at radius 3 is 2.42 bits per heavy atom. The van der Waals surface area contributed by atoms with Gasteiger partial charge in [-0.3, -0.25) is 0 Å². The maximum absolute atomic E-state index is 8.39. The molecule has 1 heterocycles. The Bertz CT molecular complexity index is 292. The standard InChI is InChI=1S/C6H2Cl2N2.C2H6/c7-5-1-6(8)10-3-4(5)2-9;1-2/h1,3H;1-2H3. The van der Waals surface area contributed by atoms with Crippen molar-refractivity contribution in [2.75, 3.05) is 0 Å². The van der Waals surface area contributed by atoms with Crippen LogP contribution in [0.1, 0.15) is 19.4 Å². The van der Waals surface area contributed by atoms with Gasteiger partial charge in [0.05, 0.1) is 10.6 Å². The lowest BCUT2D eigenvalue weighted by Gasteiger charge is -1.91. The summed E-state index contributed by atoms with van der Waals surface area (Å²) >= 11 is 11.1. The van der Waals surface area contributed by atoms with Crippen molar-refractivity contribution in [3.8, 4) is 6.07 Å². The van der Waals surface area contributed by atoms with Gasteiger partial charge in [0.1, 0.15) is 11.2 Å². The van der Waals surface area contributed by atoms with Crippen LogP contribution in [0.5, 0.6) is 0 Å². The molecule has 0 unspecified atom stereocenters. The van der Waals surface area contributed by atoms with Crippen molar-refractivity contribution in [2.45, 2.75) is 13.8 Å². The van der Waals surface area contributed by atoms with Gasteiger partial charge in [0, 0.05) is 6.20 Å². The number of hydrogen-bond acceptors (Lipinski definition) is 2. The van der Waals surface area contributed by atoms with Crippen LogP contribution in [0.2, 0.25) is 10.2 Å². The van der Waals surface area contributed by atoms with Crippen LogP contribution in [0.3, 0.4) is 0 Å². The first-order chi connectivity index (χ1) is 5.74. The van der Waals surface area contributed by atoms with E-state index in [1.165, 1.54) is 12.3 Å². The molecular weight excluding hydrogens is 195 g/mol. The lowest BCUT2D eigenvalue weighted by Crippen LogP contribution is -1.79. The Morgan fingerprint density at radius 2 is 2.00 bits per heavy atom. The molecule has 2 nitrogen and oxygen atoms in total. The maximum Gasteiger partial charge on any atom is 0.130 e. The zero-order valence-electron chi connectivity index (χ0n) is 6.81. The topological polar surface area (TPSA) is 36.7 Å². The van der Waals surface area contributed by atoms with Crippen molar-refractivity contribution < 1.29 is 0 Å². The van der Waals surface area contributed by atoms with Gasteiger partial charge in [-0.1, -0.05) is 37.0 Å². The van der Waals surface area contributed by atoms with Gasteiger partial charge in [0.25, 0.3) is 0 Å². The van der Waals surface area contributed by atoms with Crippen molar-refractivity contribution in [1.82, 2.24) is 4.98 Å². The summed E-state index contributed by atoms with van der Waals surface area (Å²) in [5, 5.41) is 9.02. The average molecular weight is 203 g/mol. The molecule has 0 fully saturated rings.